The Morgan fingerprint density at radius 1 is 1.06 bits per heavy atom. The van der Waals surface area contributed by atoms with E-state index in [1.807, 2.05) is 24.3 Å². The topological polar surface area (TPSA) is 78.4 Å². The number of methoxy groups -OCH3 is 2. The first-order valence-electron chi connectivity index (χ1n) is 10.8. The van der Waals surface area contributed by atoms with Gasteiger partial charge in [-0.3, -0.25) is 9.89 Å². The number of likely N-dealkylation sites (tertiary alicyclic amines) is 1. The normalized spacial score (nSPS) is 15.0. The number of nitrogens with zero attached hydrogens (tertiary/aromatic N) is 2. The number of benzene rings is 2. The number of rotatable bonds is 9. The molecule has 32 heavy (non-hydrogen) atoms. The van der Waals surface area contributed by atoms with Crippen LogP contribution in [0.2, 0.25) is 0 Å². The van der Waals surface area contributed by atoms with Crippen LogP contribution in [0.25, 0.3) is 0 Å². The highest BCUT2D eigenvalue weighted by Crippen LogP contribution is 2.27. The SMILES string of the molecule is CN=C(NCCc1ccc(OC)cc1O)NCC(c1cccc(OC)c1)N1CCCC1.I. The van der Waals surface area contributed by atoms with Gasteiger partial charge in [0.2, 0.25) is 0 Å². The second-order valence-electron chi connectivity index (χ2n) is 7.66. The lowest BCUT2D eigenvalue weighted by Gasteiger charge is -2.29. The lowest BCUT2D eigenvalue weighted by Crippen LogP contribution is -2.43. The number of halogens is 1. The van der Waals surface area contributed by atoms with E-state index in [2.05, 4.69) is 32.7 Å². The minimum absolute atomic E-state index is 0. The molecule has 1 atom stereocenters. The van der Waals surface area contributed by atoms with Crippen molar-refractivity contribution in [1.82, 2.24) is 15.5 Å². The molecule has 0 saturated carbocycles. The van der Waals surface area contributed by atoms with Gasteiger partial charge >= 0.3 is 0 Å². The summed E-state index contributed by atoms with van der Waals surface area (Å²) in [5.41, 5.74) is 2.11. The molecule has 0 bridgehead atoms. The molecular weight excluding hydrogens is 519 g/mol. The number of phenols is 1. The highest BCUT2D eigenvalue weighted by Gasteiger charge is 2.24. The largest absolute Gasteiger partial charge is 0.508 e. The predicted molar refractivity (Wildman–Crippen MR) is 140 cm³/mol. The minimum atomic E-state index is 0. The first kappa shape index (κ1) is 26.1. The molecule has 0 radical (unpaired) electrons. The molecule has 176 valence electrons. The first-order chi connectivity index (χ1) is 15.1. The summed E-state index contributed by atoms with van der Waals surface area (Å²) in [4.78, 5) is 6.88. The van der Waals surface area contributed by atoms with Crippen molar-refractivity contribution in [1.29, 1.82) is 0 Å². The van der Waals surface area contributed by atoms with Gasteiger partial charge in [0, 0.05) is 26.2 Å². The number of hydrogen-bond donors (Lipinski definition) is 3. The van der Waals surface area contributed by atoms with E-state index in [1.165, 1.54) is 18.4 Å². The lowest BCUT2D eigenvalue weighted by molar-refractivity contribution is 0.245. The van der Waals surface area contributed by atoms with Crippen molar-refractivity contribution >= 4 is 29.9 Å². The van der Waals surface area contributed by atoms with Gasteiger partial charge in [0.15, 0.2) is 5.96 Å². The molecule has 2 aromatic carbocycles. The molecule has 2 aromatic rings. The fourth-order valence-corrected chi connectivity index (χ4v) is 3.97. The Hall–Kier alpha value is -2.20. The molecule has 1 aliphatic rings. The average molecular weight is 554 g/mol. The monoisotopic (exact) mass is 554 g/mol. The number of guanidine groups is 1. The van der Waals surface area contributed by atoms with Gasteiger partial charge in [-0.05, 0) is 61.7 Å². The standard InChI is InChI=1S/C24H34N4O3.HI/c1-25-24(26-12-11-18-9-10-21(31-3)16-23(18)29)27-17-22(28-13-4-5-14-28)19-7-6-8-20(15-19)30-2;/h6-10,15-16,22,29H,4-5,11-14,17H2,1-3H3,(H2,25,26,27);1H. The minimum Gasteiger partial charge on any atom is -0.508 e. The van der Waals surface area contributed by atoms with Gasteiger partial charge in [0.05, 0.1) is 20.3 Å². The quantitative estimate of drug-likeness (QED) is 0.250. The molecule has 3 N–H and O–H groups in total. The van der Waals surface area contributed by atoms with E-state index in [9.17, 15) is 5.11 Å². The third-order valence-corrected chi connectivity index (χ3v) is 5.73. The smallest absolute Gasteiger partial charge is 0.191 e. The van der Waals surface area contributed by atoms with Crippen molar-refractivity contribution in [3.63, 3.8) is 0 Å². The molecule has 1 saturated heterocycles. The number of aromatic hydroxyl groups is 1. The van der Waals surface area contributed by atoms with Crippen LogP contribution in [0.4, 0.5) is 0 Å². The highest BCUT2D eigenvalue weighted by atomic mass is 127. The zero-order valence-corrected chi connectivity index (χ0v) is 21.5. The molecular formula is C24H35IN4O3. The summed E-state index contributed by atoms with van der Waals surface area (Å²) >= 11 is 0. The van der Waals surface area contributed by atoms with Crippen LogP contribution >= 0.6 is 24.0 Å². The van der Waals surface area contributed by atoms with Crippen molar-refractivity contribution in [3.05, 3.63) is 53.6 Å². The molecule has 7 nitrogen and oxygen atoms in total. The number of phenolic OH excluding ortho intramolecular Hbond substituents is 1. The van der Waals surface area contributed by atoms with Gasteiger partial charge in [0.1, 0.15) is 17.2 Å². The summed E-state index contributed by atoms with van der Waals surface area (Å²) in [6, 6.07) is 13.9. The summed E-state index contributed by atoms with van der Waals surface area (Å²) < 4.78 is 10.6. The van der Waals surface area contributed by atoms with E-state index >= 15 is 0 Å². The Kier molecular flexibility index (Phi) is 10.9. The molecule has 0 amide bonds. The fraction of sp³-hybridized carbons (Fsp3) is 0.458. The van der Waals surface area contributed by atoms with Crippen LogP contribution < -0.4 is 20.1 Å². The average Bonchev–Trinajstić information content (AvgIpc) is 3.33. The van der Waals surface area contributed by atoms with Crippen molar-refractivity contribution in [2.75, 3.05) is 47.4 Å². The van der Waals surface area contributed by atoms with Gasteiger partial charge in [0.25, 0.3) is 0 Å². The number of aliphatic imine (C=N–C) groups is 1. The zero-order valence-electron chi connectivity index (χ0n) is 19.1. The molecule has 0 spiro atoms. The van der Waals surface area contributed by atoms with Gasteiger partial charge in [-0.15, -0.1) is 24.0 Å². The molecule has 1 unspecified atom stereocenters. The maximum absolute atomic E-state index is 10.1. The van der Waals surface area contributed by atoms with E-state index in [0.717, 1.165) is 36.9 Å². The Balaban J connectivity index is 0.00000363. The van der Waals surface area contributed by atoms with Gasteiger partial charge in [-0.2, -0.15) is 0 Å². The summed E-state index contributed by atoms with van der Waals surface area (Å²) in [6.07, 6.45) is 3.15. The fourth-order valence-electron chi connectivity index (χ4n) is 3.97. The van der Waals surface area contributed by atoms with Crippen LogP contribution in [0.1, 0.15) is 30.0 Å². The van der Waals surface area contributed by atoms with E-state index in [-0.39, 0.29) is 35.8 Å². The maximum atomic E-state index is 10.1. The third kappa shape index (κ3) is 7.16. The van der Waals surface area contributed by atoms with Gasteiger partial charge in [-0.1, -0.05) is 18.2 Å². The molecule has 1 heterocycles. The lowest BCUT2D eigenvalue weighted by atomic mass is 10.1. The third-order valence-electron chi connectivity index (χ3n) is 5.73. The Morgan fingerprint density at radius 2 is 1.78 bits per heavy atom. The molecule has 1 aliphatic heterocycles. The van der Waals surface area contributed by atoms with Crippen LogP contribution in [0.3, 0.4) is 0 Å². The number of nitrogens with one attached hydrogen (secondary N) is 2. The Morgan fingerprint density at radius 3 is 2.44 bits per heavy atom. The summed E-state index contributed by atoms with van der Waals surface area (Å²) in [6.45, 7) is 3.62. The summed E-state index contributed by atoms with van der Waals surface area (Å²) in [5, 5.41) is 17.0. The van der Waals surface area contributed by atoms with E-state index in [1.54, 1.807) is 27.3 Å². The van der Waals surface area contributed by atoms with Crippen LogP contribution in [0.5, 0.6) is 17.2 Å². The van der Waals surface area contributed by atoms with Gasteiger partial charge < -0.3 is 25.2 Å². The Bertz CT molecular complexity index is 872. The van der Waals surface area contributed by atoms with Crippen molar-refractivity contribution in [3.8, 4) is 17.2 Å². The second-order valence-corrected chi connectivity index (χ2v) is 7.66. The number of hydrogen-bond acceptors (Lipinski definition) is 5. The Labute approximate surface area is 208 Å². The van der Waals surface area contributed by atoms with Crippen LogP contribution in [0, 0.1) is 0 Å². The van der Waals surface area contributed by atoms with E-state index < -0.39 is 0 Å². The summed E-state index contributed by atoms with van der Waals surface area (Å²) in [5.74, 6) is 2.52. The van der Waals surface area contributed by atoms with Crippen molar-refractivity contribution in [2.24, 2.45) is 4.99 Å². The zero-order chi connectivity index (χ0) is 22.1. The highest BCUT2D eigenvalue weighted by molar-refractivity contribution is 14.0. The van der Waals surface area contributed by atoms with E-state index in [0.29, 0.717) is 18.7 Å². The van der Waals surface area contributed by atoms with Crippen LogP contribution in [-0.2, 0) is 6.42 Å². The maximum Gasteiger partial charge on any atom is 0.191 e. The molecule has 3 rings (SSSR count). The van der Waals surface area contributed by atoms with Crippen molar-refractivity contribution in [2.45, 2.75) is 25.3 Å². The molecule has 0 aliphatic carbocycles. The summed E-state index contributed by atoms with van der Waals surface area (Å²) in [7, 11) is 5.07. The van der Waals surface area contributed by atoms with Crippen LogP contribution in [-0.4, -0.2) is 63.4 Å². The molecule has 0 aromatic heterocycles. The number of ether oxygens (including phenoxy) is 2. The molecule has 8 heteroatoms. The van der Waals surface area contributed by atoms with Crippen molar-refractivity contribution < 1.29 is 14.6 Å². The first-order valence-corrected chi connectivity index (χ1v) is 10.8. The predicted octanol–water partition coefficient (Wildman–Crippen LogP) is 3.57. The molecule has 1 fully saturated rings. The van der Waals surface area contributed by atoms with Gasteiger partial charge in [-0.25, -0.2) is 0 Å². The van der Waals surface area contributed by atoms with E-state index in [4.69, 9.17) is 9.47 Å². The van der Waals surface area contributed by atoms with Crippen LogP contribution in [0.15, 0.2) is 47.5 Å². The second kappa shape index (κ2) is 13.4.